The van der Waals surface area contributed by atoms with Gasteiger partial charge in [0.15, 0.2) is 0 Å². The van der Waals surface area contributed by atoms with E-state index in [1.54, 1.807) is 0 Å². The maximum Gasteiger partial charge on any atom is -0.0152 e. The van der Waals surface area contributed by atoms with Gasteiger partial charge in [0.1, 0.15) is 0 Å². The number of rotatable bonds is 6. The van der Waals surface area contributed by atoms with Crippen LogP contribution in [-0.2, 0) is 6.42 Å². The fourth-order valence-electron chi connectivity index (χ4n) is 2.79. The highest BCUT2D eigenvalue weighted by molar-refractivity contribution is 5.81. The number of hydrogen-bond donors (Lipinski definition) is 0. The fraction of sp³-hybridized carbons (Fsp3) is 0.333. The van der Waals surface area contributed by atoms with Crippen LogP contribution in [-0.4, -0.2) is 0 Å². The van der Waals surface area contributed by atoms with Crippen LogP contribution in [0.25, 0.3) is 5.57 Å². The van der Waals surface area contributed by atoms with Gasteiger partial charge < -0.3 is 0 Å². The summed E-state index contributed by atoms with van der Waals surface area (Å²) in [5.74, 6) is 0. The van der Waals surface area contributed by atoms with Crippen LogP contribution in [0.2, 0.25) is 0 Å². The average molecular weight is 278 g/mol. The van der Waals surface area contributed by atoms with Crippen molar-refractivity contribution in [2.75, 3.05) is 0 Å². The van der Waals surface area contributed by atoms with Gasteiger partial charge in [-0.25, -0.2) is 0 Å². The van der Waals surface area contributed by atoms with Crippen LogP contribution in [0.1, 0.15) is 54.0 Å². The summed E-state index contributed by atoms with van der Waals surface area (Å²) >= 11 is 0. The minimum Gasteiger partial charge on any atom is -0.0905 e. The van der Waals surface area contributed by atoms with E-state index in [4.69, 9.17) is 0 Å². The van der Waals surface area contributed by atoms with E-state index < -0.39 is 0 Å². The Hall–Kier alpha value is -1.82. The number of benzene rings is 2. The highest BCUT2D eigenvalue weighted by atomic mass is 14.1. The molecule has 0 radical (unpaired) electrons. The Kier molecular flexibility index (Phi) is 5.38. The molecule has 0 nitrogen and oxygen atoms in total. The molecule has 0 aliphatic rings. The van der Waals surface area contributed by atoms with E-state index in [2.05, 4.69) is 69.8 Å². The molecule has 0 aliphatic carbocycles. The lowest BCUT2D eigenvalue weighted by Crippen LogP contribution is -1.95. The summed E-state index contributed by atoms with van der Waals surface area (Å²) in [6.45, 7) is 10.9. The molecule has 0 N–H and O–H groups in total. The topological polar surface area (TPSA) is 0 Å². The second kappa shape index (κ2) is 7.26. The van der Waals surface area contributed by atoms with Gasteiger partial charge in [-0.2, -0.15) is 0 Å². The zero-order chi connectivity index (χ0) is 15.2. The molecule has 0 heteroatoms. The summed E-state index contributed by atoms with van der Waals surface area (Å²) in [6, 6.07) is 15.3. The van der Waals surface area contributed by atoms with Crippen molar-refractivity contribution in [3.05, 3.63) is 76.9 Å². The van der Waals surface area contributed by atoms with Gasteiger partial charge in [0.25, 0.3) is 0 Å². The van der Waals surface area contributed by atoms with Crippen LogP contribution < -0.4 is 0 Å². The van der Waals surface area contributed by atoms with Crippen LogP contribution >= 0.6 is 0 Å². The van der Waals surface area contributed by atoms with Gasteiger partial charge in [-0.1, -0.05) is 68.8 Å². The molecule has 2 rings (SSSR count). The second-order valence-electron chi connectivity index (χ2n) is 5.90. The van der Waals surface area contributed by atoms with Gasteiger partial charge in [0.05, 0.1) is 0 Å². The van der Waals surface area contributed by atoms with Crippen LogP contribution in [0.15, 0.2) is 49.0 Å². The molecule has 0 atom stereocenters. The molecular formula is C21H26. The first-order valence-electron chi connectivity index (χ1n) is 7.98. The molecule has 0 saturated heterocycles. The first-order chi connectivity index (χ1) is 10.1. The quantitative estimate of drug-likeness (QED) is 0.560. The Bertz CT molecular complexity index is 620. The van der Waals surface area contributed by atoms with Crippen molar-refractivity contribution in [1.82, 2.24) is 0 Å². The van der Waals surface area contributed by atoms with E-state index in [1.807, 2.05) is 0 Å². The number of aryl methyl sites for hydroxylation is 3. The highest BCUT2D eigenvalue weighted by Crippen LogP contribution is 2.28. The van der Waals surface area contributed by atoms with E-state index in [0.29, 0.717) is 0 Å². The van der Waals surface area contributed by atoms with Crippen LogP contribution in [0.5, 0.6) is 0 Å². The lowest BCUT2D eigenvalue weighted by atomic mass is 9.91. The van der Waals surface area contributed by atoms with Crippen molar-refractivity contribution in [2.45, 2.75) is 46.5 Å². The molecule has 2 aromatic carbocycles. The summed E-state index contributed by atoms with van der Waals surface area (Å²) in [4.78, 5) is 0. The maximum atomic E-state index is 4.35. The molecule has 0 aromatic heterocycles. The Morgan fingerprint density at radius 2 is 1.62 bits per heavy atom. The van der Waals surface area contributed by atoms with Crippen LogP contribution in [0.3, 0.4) is 0 Å². The minimum absolute atomic E-state index is 1.14. The van der Waals surface area contributed by atoms with Crippen LogP contribution in [0.4, 0.5) is 0 Å². The second-order valence-corrected chi connectivity index (χ2v) is 5.90. The van der Waals surface area contributed by atoms with E-state index >= 15 is 0 Å². The summed E-state index contributed by atoms with van der Waals surface area (Å²) in [5, 5.41) is 0. The summed E-state index contributed by atoms with van der Waals surface area (Å²) < 4.78 is 0. The Morgan fingerprint density at radius 3 is 2.33 bits per heavy atom. The van der Waals surface area contributed by atoms with E-state index in [1.165, 1.54) is 53.5 Å². The third kappa shape index (κ3) is 3.85. The number of hydrogen-bond acceptors (Lipinski definition) is 0. The molecular weight excluding hydrogens is 252 g/mol. The van der Waals surface area contributed by atoms with Crippen molar-refractivity contribution < 1.29 is 0 Å². The van der Waals surface area contributed by atoms with Crippen molar-refractivity contribution in [3.63, 3.8) is 0 Å². The molecule has 0 bridgehead atoms. The first-order valence-corrected chi connectivity index (χ1v) is 7.98. The Labute approximate surface area is 129 Å². The van der Waals surface area contributed by atoms with E-state index in [0.717, 1.165) is 5.57 Å². The van der Waals surface area contributed by atoms with Gasteiger partial charge in [-0.05, 0) is 60.1 Å². The molecule has 0 spiro atoms. The largest absolute Gasteiger partial charge is 0.0905 e. The Balaban J connectivity index is 2.28. The normalized spacial score (nSPS) is 10.6. The van der Waals surface area contributed by atoms with Crippen molar-refractivity contribution in [1.29, 1.82) is 0 Å². The SMILES string of the molecule is C=C(c1ccccc1C)c1cc(CCCCC)ccc1C. The van der Waals surface area contributed by atoms with Gasteiger partial charge in [0.2, 0.25) is 0 Å². The third-order valence-corrected chi connectivity index (χ3v) is 4.17. The maximum absolute atomic E-state index is 4.35. The monoisotopic (exact) mass is 278 g/mol. The van der Waals surface area contributed by atoms with Crippen LogP contribution in [0, 0.1) is 13.8 Å². The first kappa shape index (κ1) is 15.6. The fourth-order valence-corrected chi connectivity index (χ4v) is 2.79. The van der Waals surface area contributed by atoms with Crippen molar-refractivity contribution >= 4 is 5.57 Å². The average Bonchev–Trinajstić information content (AvgIpc) is 2.49. The molecule has 0 saturated carbocycles. The molecule has 0 heterocycles. The minimum atomic E-state index is 1.14. The van der Waals surface area contributed by atoms with E-state index in [9.17, 15) is 0 Å². The third-order valence-electron chi connectivity index (χ3n) is 4.17. The standard InChI is InChI=1S/C21H26/c1-5-6-7-11-19-14-13-17(3)21(15-19)18(4)20-12-9-8-10-16(20)2/h8-10,12-15H,4-7,11H2,1-3H3. The molecule has 0 fully saturated rings. The van der Waals surface area contributed by atoms with Gasteiger partial charge >= 0.3 is 0 Å². The molecule has 0 amide bonds. The zero-order valence-corrected chi connectivity index (χ0v) is 13.6. The summed E-state index contributed by atoms with van der Waals surface area (Å²) in [6.07, 6.45) is 5.02. The van der Waals surface area contributed by atoms with Gasteiger partial charge in [-0.3, -0.25) is 0 Å². The molecule has 2 aromatic rings. The zero-order valence-electron chi connectivity index (χ0n) is 13.6. The summed E-state index contributed by atoms with van der Waals surface area (Å²) in [5.41, 5.74) is 7.71. The van der Waals surface area contributed by atoms with E-state index in [-0.39, 0.29) is 0 Å². The predicted molar refractivity (Wildman–Crippen MR) is 93.7 cm³/mol. The molecule has 0 unspecified atom stereocenters. The highest BCUT2D eigenvalue weighted by Gasteiger charge is 2.08. The Morgan fingerprint density at radius 1 is 0.905 bits per heavy atom. The predicted octanol–water partition coefficient (Wildman–Crippen LogP) is 6.10. The van der Waals surface area contributed by atoms with Crippen molar-refractivity contribution in [2.24, 2.45) is 0 Å². The van der Waals surface area contributed by atoms with Gasteiger partial charge in [0, 0.05) is 0 Å². The van der Waals surface area contributed by atoms with Crippen molar-refractivity contribution in [3.8, 4) is 0 Å². The lowest BCUT2D eigenvalue weighted by molar-refractivity contribution is 0.717. The molecule has 0 aliphatic heterocycles. The molecule has 110 valence electrons. The smallest absolute Gasteiger partial charge is 0.0152 e. The summed E-state index contributed by atoms with van der Waals surface area (Å²) in [7, 11) is 0. The number of unbranched alkanes of at least 4 members (excludes halogenated alkanes) is 2. The molecule has 21 heavy (non-hydrogen) atoms. The van der Waals surface area contributed by atoms with Gasteiger partial charge in [-0.15, -0.1) is 0 Å². The lowest BCUT2D eigenvalue weighted by Gasteiger charge is -2.14.